The third-order valence-corrected chi connectivity index (χ3v) is 3.07. The molecule has 2 rings (SSSR count). The van der Waals surface area contributed by atoms with E-state index >= 15 is 0 Å². The zero-order chi connectivity index (χ0) is 13.9. The molecule has 0 radical (unpaired) electrons. The third-order valence-electron chi connectivity index (χ3n) is 3.07. The van der Waals surface area contributed by atoms with Crippen LogP contribution in [0.25, 0.3) is 11.4 Å². The SMILES string of the molecule is Cn1cnnc1-c1ccccc1NCCC(C)(C)C. The van der Waals surface area contributed by atoms with E-state index in [9.17, 15) is 0 Å². The zero-order valence-corrected chi connectivity index (χ0v) is 12.1. The molecular weight excluding hydrogens is 236 g/mol. The fourth-order valence-electron chi connectivity index (χ4n) is 1.93. The Morgan fingerprint density at radius 1 is 1.21 bits per heavy atom. The van der Waals surface area contributed by atoms with E-state index in [0.717, 1.165) is 30.0 Å². The molecule has 1 aromatic heterocycles. The fourth-order valence-corrected chi connectivity index (χ4v) is 1.93. The zero-order valence-electron chi connectivity index (χ0n) is 12.1. The van der Waals surface area contributed by atoms with Gasteiger partial charge in [-0.2, -0.15) is 0 Å². The van der Waals surface area contributed by atoms with Crippen molar-refractivity contribution in [2.45, 2.75) is 27.2 Å². The second-order valence-electron chi connectivity index (χ2n) is 6.05. The Kier molecular flexibility index (Phi) is 3.88. The molecule has 19 heavy (non-hydrogen) atoms. The van der Waals surface area contributed by atoms with E-state index in [0.29, 0.717) is 5.41 Å². The molecule has 1 N–H and O–H groups in total. The Hall–Kier alpha value is -1.84. The molecule has 0 aliphatic heterocycles. The minimum atomic E-state index is 0.340. The van der Waals surface area contributed by atoms with Crippen molar-refractivity contribution in [3.05, 3.63) is 30.6 Å². The molecule has 102 valence electrons. The second-order valence-corrected chi connectivity index (χ2v) is 6.05. The molecule has 0 saturated heterocycles. The van der Waals surface area contributed by atoms with Gasteiger partial charge in [0.15, 0.2) is 5.82 Å². The standard InChI is InChI=1S/C15H22N4/c1-15(2,3)9-10-16-13-8-6-5-7-12(13)14-18-17-11-19(14)4/h5-8,11,16H,9-10H2,1-4H3. The van der Waals surface area contributed by atoms with E-state index in [1.807, 2.05) is 23.7 Å². The summed E-state index contributed by atoms with van der Waals surface area (Å²) < 4.78 is 1.93. The number of para-hydroxylation sites is 1. The van der Waals surface area contributed by atoms with E-state index in [4.69, 9.17) is 0 Å². The largest absolute Gasteiger partial charge is 0.384 e. The summed E-state index contributed by atoms with van der Waals surface area (Å²) >= 11 is 0. The molecule has 1 heterocycles. The molecule has 1 aromatic carbocycles. The van der Waals surface area contributed by atoms with Gasteiger partial charge in [-0.3, -0.25) is 0 Å². The molecule has 0 unspecified atom stereocenters. The Labute approximate surface area is 114 Å². The van der Waals surface area contributed by atoms with Gasteiger partial charge in [0.2, 0.25) is 0 Å². The fraction of sp³-hybridized carbons (Fsp3) is 0.467. The van der Waals surface area contributed by atoms with E-state index in [-0.39, 0.29) is 0 Å². The average molecular weight is 258 g/mol. The number of rotatable bonds is 4. The molecule has 0 aliphatic carbocycles. The van der Waals surface area contributed by atoms with Crippen molar-refractivity contribution in [3.8, 4) is 11.4 Å². The monoisotopic (exact) mass is 258 g/mol. The van der Waals surface area contributed by atoms with E-state index in [1.165, 1.54) is 0 Å². The predicted molar refractivity (Wildman–Crippen MR) is 79.0 cm³/mol. The Morgan fingerprint density at radius 2 is 1.95 bits per heavy atom. The molecule has 0 aliphatic rings. The van der Waals surface area contributed by atoms with Crippen LogP contribution in [0, 0.1) is 5.41 Å². The normalized spacial score (nSPS) is 11.6. The molecule has 0 saturated carbocycles. The van der Waals surface area contributed by atoms with Crippen molar-refractivity contribution in [2.75, 3.05) is 11.9 Å². The second kappa shape index (κ2) is 5.43. The van der Waals surface area contributed by atoms with Gasteiger partial charge in [-0.05, 0) is 24.0 Å². The molecule has 4 heteroatoms. The number of nitrogens with one attached hydrogen (secondary N) is 1. The molecule has 0 spiro atoms. The van der Waals surface area contributed by atoms with Gasteiger partial charge in [0.25, 0.3) is 0 Å². The van der Waals surface area contributed by atoms with Gasteiger partial charge >= 0.3 is 0 Å². The van der Waals surface area contributed by atoms with Gasteiger partial charge < -0.3 is 9.88 Å². The van der Waals surface area contributed by atoms with Crippen LogP contribution in [0.3, 0.4) is 0 Å². The molecule has 0 amide bonds. The highest BCUT2D eigenvalue weighted by Gasteiger charge is 2.12. The van der Waals surface area contributed by atoms with E-state index < -0.39 is 0 Å². The van der Waals surface area contributed by atoms with Crippen LogP contribution in [-0.4, -0.2) is 21.3 Å². The minimum Gasteiger partial charge on any atom is -0.384 e. The number of hydrogen-bond acceptors (Lipinski definition) is 3. The number of hydrogen-bond donors (Lipinski definition) is 1. The third kappa shape index (κ3) is 3.56. The quantitative estimate of drug-likeness (QED) is 0.914. The van der Waals surface area contributed by atoms with Crippen LogP contribution in [-0.2, 0) is 7.05 Å². The number of anilines is 1. The Morgan fingerprint density at radius 3 is 2.58 bits per heavy atom. The van der Waals surface area contributed by atoms with Crippen LogP contribution < -0.4 is 5.32 Å². The lowest BCUT2D eigenvalue weighted by atomic mass is 9.92. The van der Waals surface area contributed by atoms with Crippen molar-refractivity contribution in [2.24, 2.45) is 12.5 Å². The Balaban J connectivity index is 2.16. The summed E-state index contributed by atoms with van der Waals surface area (Å²) in [7, 11) is 1.96. The van der Waals surface area contributed by atoms with Crippen LogP contribution in [0.4, 0.5) is 5.69 Å². The first-order valence-corrected chi connectivity index (χ1v) is 6.65. The van der Waals surface area contributed by atoms with Crippen molar-refractivity contribution in [1.82, 2.24) is 14.8 Å². The highest BCUT2D eigenvalue weighted by molar-refractivity contribution is 5.73. The first kappa shape index (κ1) is 13.6. The molecule has 0 atom stereocenters. The summed E-state index contributed by atoms with van der Waals surface area (Å²) in [5.74, 6) is 0.888. The lowest BCUT2D eigenvalue weighted by Gasteiger charge is -2.19. The highest BCUT2D eigenvalue weighted by atomic mass is 15.2. The van der Waals surface area contributed by atoms with Gasteiger partial charge in [0.1, 0.15) is 6.33 Å². The molecule has 0 bridgehead atoms. The maximum Gasteiger partial charge on any atom is 0.165 e. The van der Waals surface area contributed by atoms with Gasteiger partial charge in [-0.1, -0.05) is 32.9 Å². The molecule has 0 fully saturated rings. The van der Waals surface area contributed by atoms with Crippen LogP contribution in [0.5, 0.6) is 0 Å². The first-order chi connectivity index (χ1) is 8.97. The van der Waals surface area contributed by atoms with Gasteiger partial charge in [0.05, 0.1) is 0 Å². The Bertz CT molecular complexity index is 537. The summed E-state index contributed by atoms with van der Waals surface area (Å²) in [6, 6.07) is 8.23. The number of aromatic nitrogens is 3. The maximum absolute atomic E-state index is 4.18. The smallest absolute Gasteiger partial charge is 0.165 e. The predicted octanol–water partition coefficient (Wildman–Crippen LogP) is 3.33. The number of aryl methyl sites for hydroxylation is 1. The number of benzene rings is 1. The van der Waals surface area contributed by atoms with Crippen molar-refractivity contribution in [3.63, 3.8) is 0 Å². The van der Waals surface area contributed by atoms with Gasteiger partial charge in [-0.25, -0.2) is 0 Å². The summed E-state index contributed by atoms with van der Waals surface area (Å²) in [6.45, 7) is 7.72. The summed E-state index contributed by atoms with van der Waals surface area (Å²) in [4.78, 5) is 0. The van der Waals surface area contributed by atoms with Crippen molar-refractivity contribution < 1.29 is 0 Å². The molecular formula is C15H22N4. The lowest BCUT2D eigenvalue weighted by Crippen LogP contribution is -2.13. The van der Waals surface area contributed by atoms with Crippen LogP contribution in [0.2, 0.25) is 0 Å². The van der Waals surface area contributed by atoms with Gasteiger partial charge in [0, 0.05) is 24.8 Å². The molecule has 4 nitrogen and oxygen atoms in total. The van der Waals surface area contributed by atoms with Crippen molar-refractivity contribution >= 4 is 5.69 Å². The first-order valence-electron chi connectivity index (χ1n) is 6.65. The van der Waals surface area contributed by atoms with E-state index in [2.05, 4.69) is 48.4 Å². The van der Waals surface area contributed by atoms with Crippen LogP contribution in [0.1, 0.15) is 27.2 Å². The highest BCUT2D eigenvalue weighted by Crippen LogP contribution is 2.26. The number of nitrogens with zero attached hydrogens (tertiary/aromatic N) is 3. The topological polar surface area (TPSA) is 42.7 Å². The lowest BCUT2D eigenvalue weighted by molar-refractivity contribution is 0.390. The summed E-state index contributed by atoms with van der Waals surface area (Å²) in [6.07, 6.45) is 2.85. The van der Waals surface area contributed by atoms with Crippen molar-refractivity contribution in [1.29, 1.82) is 0 Å². The van der Waals surface area contributed by atoms with Crippen LogP contribution >= 0.6 is 0 Å². The minimum absolute atomic E-state index is 0.340. The van der Waals surface area contributed by atoms with Crippen LogP contribution in [0.15, 0.2) is 30.6 Å². The summed E-state index contributed by atoms with van der Waals surface area (Å²) in [5, 5.41) is 11.6. The average Bonchev–Trinajstić information content (AvgIpc) is 2.74. The maximum atomic E-state index is 4.18. The summed E-state index contributed by atoms with van der Waals surface area (Å²) in [5.41, 5.74) is 2.55. The van der Waals surface area contributed by atoms with Gasteiger partial charge in [-0.15, -0.1) is 10.2 Å². The molecule has 2 aromatic rings. The van der Waals surface area contributed by atoms with E-state index in [1.54, 1.807) is 6.33 Å².